The Balaban J connectivity index is 2.84. The Morgan fingerprint density at radius 3 is 2.75 bits per heavy atom. The van der Waals surface area contributed by atoms with Gasteiger partial charge in [-0.3, -0.25) is 0 Å². The normalized spacial score (nSPS) is 28.5. The van der Waals surface area contributed by atoms with Gasteiger partial charge in [0.1, 0.15) is 6.34 Å². The summed E-state index contributed by atoms with van der Waals surface area (Å²) in [6.45, 7) is 0. The van der Waals surface area contributed by atoms with E-state index >= 15 is 0 Å². The number of alkyl halides is 2. The second-order valence-electron chi connectivity index (χ2n) is 2.09. The molecule has 0 fully saturated rings. The van der Waals surface area contributed by atoms with Gasteiger partial charge in [-0.25, -0.2) is 18.8 Å². The molecule has 0 aliphatic carbocycles. The van der Waals surface area contributed by atoms with Crippen LogP contribution in [0.2, 0.25) is 0 Å². The highest BCUT2D eigenvalue weighted by Crippen LogP contribution is 2.19. The van der Waals surface area contributed by atoms with Crippen molar-refractivity contribution in [2.24, 2.45) is 15.7 Å². The highest BCUT2D eigenvalue weighted by molar-refractivity contribution is 5.87. The monoisotopic (exact) mass is 178 g/mol. The molecule has 0 aromatic carbocycles. The molecular weight excluding hydrogens is 170 g/mol. The van der Waals surface area contributed by atoms with Gasteiger partial charge in [-0.1, -0.05) is 0 Å². The van der Waals surface area contributed by atoms with Gasteiger partial charge in [0.2, 0.25) is 0 Å². The Labute approximate surface area is 67.3 Å². The van der Waals surface area contributed by atoms with E-state index in [1.54, 1.807) is 0 Å². The second kappa shape index (κ2) is 3.02. The first-order valence-electron chi connectivity index (χ1n) is 3.09. The third-order valence-corrected chi connectivity index (χ3v) is 1.36. The average molecular weight is 178 g/mol. The highest BCUT2D eigenvalue weighted by Gasteiger charge is 2.41. The molecule has 0 radical (unpaired) electrons. The summed E-state index contributed by atoms with van der Waals surface area (Å²) >= 11 is 0. The minimum Gasteiger partial charge on any atom is -0.370 e. The number of nitrogens with one attached hydrogen (secondary N) is 1. The number of rotatable bonds is 2. The van der Waals surface area contributed by atoms with Gasteiger partial charge in [-0.2, -0.15) is 0 Å². The maximum Gasteiger partial charge on any atom is 0.307 e. The highest BCUT2D eigenvalue weighted by atomic mass is 19.3. The van der Waals surface area contributed by atoms with E-state index in [0.717, 1.165) is 13.4 Å². The van der Waals surface area contributed by atoms with Crippen molar-refractivity contribution in [2.75, 3.05) is 7.11 Å². The molecule has 0 bridgehead atoms. The van der Waals surface area contributed by atoms with Crippen molar-refractivity contribution in [2.45, 2.75) is 12.3 Å². The zero-order valence-corrected chi connectivity index (χ0v) is 6.29. The van der Waals surface area contributed by atoms with Crippen molar-refractivity contribution in [1.29, 1.82) is 0 Å². The molecular formula is C5H8F2N4O. The van der Waals surface area contributed by atoms with E-state index in [1.165, 1.54) is 0 Å². The van der Waals surface area contributed by atoms with E-state index in [2.05, 4.69) is 20.0 Å². The number of aliphatic imine (C=N–C) groups is 2. The average Bonchev–Trinajstić information content (AvgIpc) is 2.04. The SMILES string of the molecule is COC1(C(F)F)N=CN=C(N)N1. The quantitative estimate of drug-likeness (QED) is 0.598. The summed E-state index contributed by atoms with van der Waals surface area (Å²) in [5, 5.41) is 2.14. The Hall–Kier alpha value is -1.24. The van der Waals surface area contributed by atoms with Crippen LogP contribution < -0.4 is 11.1 Å². The standard InChI is InChI=1S/C5H8F2N4O/c1-12-5(3(6)7)10-2-9-4(8)11-5/h2-3H,1H3,(H3,8,9,10,11). The minimum absolute atomic E-state index is 0.146. The number of halogens is 2. The van der Waals surface area contributed by atoms with Gasteiger partial charge in [-0.15, -0.1) is 0 Å². The Morgan fingerprint density at radius 2 is 2.42 bits per heavy atom. The summed E-state index contributed by atoms with van der Waals surface area (Å²) < 4.78 is 29.2. The number of hydrogen-bond donors (Lipinski definition) is 2. The van der Waals surface area contributed by atoms with Crippen molar-refractivity contribution in [3.8, 4) is 0 Å². The summed E-state index contributed by atoms with van der Waals surface area (Å²) in [7, 11) is 1.11. The van der Waals surface area contributed by atoms with Crippen LogP contribution in [0.5, 0.6) is 0 Å². The number of nitrogens with two attached hydrogens (primary N) is 1. The van der Waals surface area contributed by atoms with E-state index in [0.29, 0.717) is 0 Å². The molecule has 0 saturated heterocycles. The molecule has 1 heterocycles. The largest absolute Gasteiger partial charge is 0.370 e. The number of hydrogen-bond acceptors (Lipinski definition) is 5. The molecule has 68 valence electrons. The maximum absolute atomic E-state index is 12.3. The molecule has 0 saturated carbocycles. The van der Waals surface area contributed by atoms with Crippen LogP contribution in [0.15, 0.2) is 9.98 Å². The van der Waals surface area contributed by atoms with Crippen molar-refractivity contribution >= 4 is 12.3 Å². The third kappa shape index (κ3) is 1.35. The van der Waals surface area contributed by atoms with Crippen LogP contribution in [0.4, 0.5) is 8.78 Å². The van der Waals surface area contributed by atoms with Gasteiger partial charge in [0.25, 0.3) is 0 Å². The molecule has 1 aliphatic rings. The van der Waals surface area contributed by atoms with Crippen LogP contribution in [0.1, 0.15) is 0 Å². The smallest absolute Gasteiger partial charge is 0.307 e. The molecule has 0 aromatic rings. The molecule has 1 rings (SSSR count). The van der Waals surface area contributed by atoms with E-state index in [9.17, 15) is 8.78 Å². The first kappa shape index (κ1) is 8.85. The molecule has 0 amide bonds. The molecule has 1 aliphatic heterocycles. The van der Waals surface area contributed by atoms with Crippen molar-refractivity contribution in [1.82, 2.24) is 5.32 Å². The number of methoxy groups -OCH3 is 1. The summed E-state index contributed by atoms with van der Waals surface area (Å²) in [6.07, 6.45) is -1.88. The van der Waals surface area contributed by atoms with Crippen molar-refractivity contribution < 1.29 is 13.5 Å². The first-order chi connectivity index (χ1) is 5.60. The number of guanidine groups is 1. The van der Waals surface area contributed by atoms with Crippen LogP contribution in [-0.2, 0) is 4.74 Å². The molecule has 0 aromatic heterocycles. The lowest BCUT2D eigenvalue weighted by Gasteiger charge is -2.29. The summed E-state index contributed by atoms with van der Waals surface area (Å²) in [5.74, 6) is -2.22. The number of ether oxygens (including phenoxy) is 1. The van der Waals surface area contributed by atoms with Crippen LogP contribution in [0.25, 0.3) is 0 Å². The summed E-state index contributed by atoms with van der Waals surface area (Å²) in [4.78, 5) is 6.79. The van der Waals surface area contributed by atoms with E-state index in [-0.39, 0.29) is 5.96 Å². The van der Waals surface area contributed by atoms with Gasteiger partial charge in [0.05, 0.1) is 0 Å². The van der Waals surface area contributed by atoms with Gasteiger partial charge >= 0.3 is 12.3 Å². The fraction of sp³-hybridized carbons (Fsp3) is 0.600. The second-order valence-corrected chi connectivity index (χ2v) is 2.09. The molecule has 12 heavy (non-hydrogen) atoms. The lowest BCUT2D eigenvalue weighted by atomic mass is 10.4. The molecule has 0 spiro atoms. The van der Waals surface area contributed by atoms with Gasteiger partial charge < -0.3 is 15.8 Å². The van der Waals surface area contributed by atoms with Crippen LogP contribution in [0.3, 0.4) is 0 Å². The Kier molecular flexibility index (Phi) is 2.22. The number of nitrogens with zero attached hydrogens (tertiary/aromatic N) is 2. The molecule has 1 atom stereocenters. The molecule has 1 unspecified atom stereocenters. The zero-order chi connectivity index (χ0) is 9.19. The lowest BCUT2D eigenvalue weighted by molar-refractivity contribution is -0.126. The topological polar surface area (TPSA) is 72.0 Å². The van der Waals surface area contributed by atoms with Gasteiger partial charge in [0, 0.05) is 7.11 Å². The van der Waals surface area contributed by atoms with Gasteiger partial charge in [0.15, 0.2) is 5.96 Å². The van der Waals surface area contributed by atoms with E-state index in [1.807, 2.05) is 0 Å². The first-order valence-corrected chi connectivity index (χ1v) is 3.09. The molecule has 5 nitrogen and oxygen atoms in total. The maximum atomic E-state index is 12.3. The van der Waals surface area contributed by atoms with Crippen molar-refractivity contribution in [3.05, 3.63) is 0 Å². The Morgan fingerprint density at radius 1 is 1.75 bits per heavy atom. The Bertz CT molecular complexity index is 229. The van der Waals surface area contributed by atoms with Crippen LogP contribution in [0, 0.1) is 0 Å². The van der Waals surface area contributed by atoms with Crippen LogP contribution >= 0.6 is 0 Å². The fourth-order valence-electron chi connectivity index (χ4n) is 0.729. The lowest BCUT2D eigenvalue weighted by Crippen LogP contribution is -2.57. The summed E-state index contributed by atoms with van der Waals surface area (Å²) in [5.41, 5.74) is 5.16. The third-order valence-electron chi connectivity index (χ3n) is 1.36. The predicted molar refractivity (Wildman–Crippen MR) is 39.0 cm³/mol. The van der Waals surface area contributed by atoms with Crippen LogP contribution in [-0.4, -0.2) is 31.7 Å². The fourth-order valence-corrected chi connectivity index (χ4v) is 0.729. The zero-order valence-electron chi connectivity index (χ0n) is 6.29. The van der Waals surface area contributed by atoms with E-state index < -0.39 is 12.3 Å². The summed E-state index contributed by atoms with van der Waals surface area (Å²) in [6, 6.07) is 0. The molecule has 3 N–H and O–H groups in total. The minimum atomic E-state index is -2.81. The van der Waals surface area contributed by atoms with Gasteiger partial charge in [-0.05, 0) is 0 Å². The molecule has 7 heteroatoms. The van der Waals surface area contributed by atoms with E-state index in [4.69, 9.17) is 5.73 Å². The predicted octanol–water partition coefficient (Wildman–Crippen LogP) is -0.502. The van der Waals surface area contributed by atoms with Crippen molar-refractivity contribution in [3.63, 3.8) is 0 Å².